The van der Waals surface area contributed by atoms with Crippen molar-refractivity contribution in [2.45, 2.75) is 18.9 Å². The third-order valence-corrected chi connectivity index (χ3v) is 5.71. The van der Waals surface area contributed by atoms with E-state index in [0.717, 1.165) is 12.8 Å². The molecular formula is C23H24ClFN4O4. The average Bonchev–Trinajstić information content (AvgIpc) is 2.82. The van der Waals surface area contributed by atoms with Crippen LogP contribution < -0.4 is 14.8 Å². The summed E-state index contributed by atoms with van der Waals surface area (Å²) < 4.78 is 31.1. The fourth-order valence-electron chi connectivity index (χ4n) is 3.80. The highest BCUT2D eigenvalue weighted by Gasteiger charge is 2.26. The van der Waals surface area contributed by atoms with E-state index in [4.69, 9.17) is 25.8 Å². The topological polar surface area (TPSA) is 85.8 Å². The van der Waals surface area contributed by atoms with E-state index in [-0.39, 0.29) is 29.3 Å². The maximum atomic E-state index is 14.4. The zero-order chi connectivity index (χ0) is 23.4. The highest BCUT2D eigenvalue weighted by atomic mass is 35.5. The quantitative estimate of drug-likeness (QED) is 0.549. The fraction of sp³-hybridized carbons (Fsp3) is 0.348. The number of nitrogens with one attached hydrogen (secondary N) is 1. The van der Waals surface area contributed by atoms with Crippen LogP contribution >= 0.6 is 11.6 Å². The second-order valence-electron chi connectivity index (χ2n) is 7.62. The molecule has 0 aliphatic carbocycles. The van der Waals surface area contributed by atoms with E-state index in [1.54, 1.807) is 29.2 Å². The minimum atomic E-state index is -0.567. The first-order chi connectivity index (χ1) is 16.0. The van der Waals surface area contributed by atoms with Crippen molar-refractivity contribution in [3.63, 3.8) is 0 Å². The third-order valence-electron chi connectivity index (χ3n) is 5.42. The molecule has 3 aromatic rings. The van der Waals surface area contributed by atoms with Crippen LogP contribution in [-0.2, 0) is 9.53 Å². The Morgan fingerprint density at radius 1 is 1.27 bits per heavy atom. The minimum Gasteiger partial charge on any atom is -0.493 e. The molecule has 1 aliphatic rings. The lowest BCUT2D eigenvalue weighted by molar-refractivity contribution is -0.137. The van der Waals surface area contributed by atoms with Gasteiger partial charge >= 0.3 is 0 Å². The van der Waals surface area contributed by atoms with Gasteiger partial charge in [0, 0.05) is 25.1 Å². The van der Waals surface area contributed by atoms with E-state index >= 15 is 0 Å². The number of likely N-dealkylation sites (tertiary alicyclic amines) is 1. The van der Waals surface area contributed by atoms with Gasteiger partial charge in [0.1, 0.15) is 24.9 Å². The molecule has 1 saturated heterocycles. The van der Waals surface area contributed by atoms with Crippen molar-refractivity contribution >= 4 is 39.9 Å². The number of halogens is 2. The van der Waals surface area contributed by atoms with Crippen LogP contribution in [0.1, 0.15) is 12.8 Å². The van der Waals surface area contributed by atoms with E-state index in [1.165, 1.54) is 26.6 Å². The molecule has 0 bridgehead atoms. The summed E-state index contributed by atoms with van der Waals surface area (Å²) in [5.74, 6) is 0.762. The molecule has 2 heterocycles. The first-order valence-corrected chi connectivity index (χ1v) is 10.8. The Hall–Kier alpha value is -3.17. The monoisotopic (exact) mass is 474 g/mol. The maximum Gasteiger partial charge on any atom is 0.248 e. The van der Waals surface area contributed by atoms with Crippen LogP contribution in [0.5, 0.6) is 11.5 Å². The molecule has 2 aromatic carbocycles. The summed E-state index contributed by atoms with van der Waals surface area (Å²) in [6, 6.07) is 8.19. The minimum absolute atomic E-state index is 0.0112. The number of ether oxygens (including phenoxy) is 3. The molecule has 174 valence electrons. The fourth-order valence-corrected chi connectivity index (χ4v) is 3.97. The van der Waals surface area contributed by atoms with Crippen LogP contribution in [0.2, 0.25) is 5.02 Å². The van der Waals surface area contributed by atoms with Crippen molar-refractivity contribution in [1.29, 1.82) is 0 Å². The molecule has 0 saturated carbocycles. The summed E-state index contributed by atoms with van der Waals surface area (Å²) in [6.07, 6.45) is 2.83. The summed E-state index contributed by atoms with van der Waals surface area (Å²) in [5, 5.41) is 3.61. The molecule has 1 N–H and O–H groups in total. The van der Waals surface area contributed by atoms with Crippen molar-refractivity contribution in [2.75, 3.05) is 39.2 Å². The number of rotatable bonds is 7. The van der Waals surface area contributed by atoms with Gasteiger partial charge in [-0.2, -0.15) is 0 Å². The highest BCUT2D eigenvalue weighted by molar-refractivity contribution is 6.31. The SMILES string of the molecule is COCC(=O)N1CCCC(Oc2cc3ncnc(Nc4cccc(Cl)c4F)c3cc2OC)C1. The zero-order valence-corrected chi connectivity index (χ0v) is 19.1. The van der Waals surface area contributed by atoms with Crippen molar-refractivity contribution in [3.05, 3.63) is 47.5 Å². The van der Waals surface area contributed by atoms with E-state index < -0.39 is 5.82 Å². The number of piperidine rings is 1. The van der Waals surface area contributed by atoms with Crippen molar-refractivity contribution in [1.82, 2.24) is 14.9 Å². The normalized spacial score (nSPS) is 16.0. The van der Waals surface area contributed by atoms with Crippen LogP contribution in [0.4, 0.5) is 15.9 Å². The van der Waals surface area contributed by atoms with Gasteiger partial charge in [-0.1, -0.05) is 17.7 Å². The van der Waals surface area contributed by atoms with Crippen molar-refractivity contribution < 1.29 is 23.4 Å². The summed E-state index contributed by atoms with van der Waals surface area (Å²) in [5.41, 5.74) is 0.790. The average molecular weight is 475 g/mol. The number of amides is 1. The summed E-state index contributed by atoms with van der Waals surface area (Å²) in [6.45, 7) is 1.19. The Morgan fingerprint density at radius 2 is 2.12 bits per heavy atom. The van der Waals surface area contributed by atoms with Crippen molar-refractivity contribution in [2.24, 2.45) is 0 Å². The van der Waals surface area contributed by atoms with Gasteiger partial charge in [0.2, 0.25) is 5.91 Å². The third kappa shape index (κ3) is 5.09. The van der Waals surface area contributed by atoms with E-state index in [9.17, 15) is 9.18 Å². The van der Waals surface area contributed by atoms with Crippen LogP contribution in [0.3, 0.4) is 0 Å². The lowest BCUT2D eigenvalue weighted by Gasteiger charge is -2.33. The first-order valence-electron chi connectivity index (χ1n) is 10.5. The van der Waals surface area contributed by atoms with Gasteiger partial charge in [0.25, 0.3) is 0 Å². The number of aromatic nitrogens is 2. The number of nitrogens with zero attached hydrogens (tertiary/aromatic N) is 3. The lowest BCUT2D eigenvalue weighted by Crippen LogP contribution is -2.45. The van der Waals surface area contributed by atoms with Crippen LogP contribution in [0.25, 0.3) is 10.9 Å². The molecule has 33 heavy (non-hydrogen) atoms. The van der Waals surface area contributed by atoms with Crippen LogP contribution in [0, 0.1) is 5.82 Å². The second kappa shape index (κ2) is 10.2. The summed E-state index contributed by atoms with van der Waals surface area (Å²) in [4.78, 5) is 22.5. The van der Waals surface area contributed by atoms with Gasteiger partial charge in [-0.15, -0.1) is 0 Å². The van der Waals surface area contributed by atoms with E-state index in [1.807, 2.05) is 0 Å². The lowest BCUT2D eigenvalue weighted by atomic mass is 10.1. The zero-order valence-electron chi connectivity index (χ0n) is 18.3. The summed E-state index contributed by atoms with van der Waals surface area (Å²) in [7, 11) is 3.04. The maximum absolute atomic E-state index is 14.4. The Balaban J connectivity index is 1.60. The van der Waals surface area contributed by atoms with Gasteiger partial charge in [-0.05, 0) is 31.0 Å². The highest BCUT2D eigenvalue weighted by Crippen LogP contribution is 2.36. The van der Waals surface area contributed by atoms with Crippen molar-refractivity contribution in [3.8, 4) is 11.5 Å². The summed E-state index contributed by atoms with van der Waals surface area (Å²) >= 11 is 5.89. The van der Waals surface area contributed by atoms with Crippen LogP contribution in [-0.4, -0.2) is 60.8 Å². The molecule has 4 rings (SSSR count). The molecule has 0 spiro atoms. The second-order valence-corrected chi connectivity index (χ2v) is 8.03. The molecule has 10 heteroatoms. The Kier molecular flexibility index (Phi) is 7.10. The number of carbonyl (C=O) groups excluding carboxylic acids is 1. The van der Waals surface area contributed by atoms with Gasteiger partial charge in [0.05, 0.1) is 29.9 Å². The molecule has 1 unspecified atom stereocenters. The molecular weight excluding hydrogens is 451 g/mol. The number of fused-ring (bicyclic) bond motifs is 1. The van der Waals surface area contributed by atoms with Gasteiger partial charge < -0.3 is 24.4 Å². The first kappa shape index (κ1) is 23.0. The van der Waals surface area contributed by atoms with E-state index in [2.05, 4.69) is 15.3 Å². The molecule has 1 fully saturated rings. The Morgan fingerprint density at radius 3 is 2.91 bits per heavy atom. The number of methoxy groups -OCH3 is 2. The molecule has 0 radical (unpaired) electrons. The van der Waals surface area contributed by atoms with Gasteiger partial charge in [-0.3, -0.25) is 4.79 Å². The number of carbonyl (C=O) groups is 1. The smallest absolute Gasteiger partial charge is 0.248 e. The number of anilines is 2. The molecule has 1 aromatic heterocycles. The Labute approximate surface area is 195 Å². The van der Waals surface area contributed by atoms with Gasteiger partial charge in [-0.25, -0.2) is 14.4 Å². The van der Waals surface area contributed by atoms with Crippen LogP contribution in [0.15, 0.2) is 36.7 Å². The van der Waals surface area contributed by atoms with Gasteiger partial charge in [0.15, 0.2) is 17.3 Å². The molecule has 8 nitrogen and oxygen atoms in total. The molecule has 1 aliphatic heterocycles. The predicted molar refractivity (Wildman–Crippen MR) is 123 cm³/mol. The largest absolute Gasteiger partial charge is 0.493 e. The standard InChI is InChI=1S/C23H24ClFN4O4/c1-31-12-21(30)29-8-4-5-14(11-29)33-20-10-18-15(9-19(20)32-2)23(27-13-26-18)28-17-7-3-6-16(24)22(17)25/h3,6-7,9-10,13-14H,4-5,8,11-12H2,1-2H3,(H,26,27,28). The number of hydrogen-bond acceptors (Lipinski definition) is 7. The predicted octanol–water partition coefficient (Wildman–Crippen LogP) is 4.19. The molecule has 1 atom stereocenters. The molecule has 1 amide bonds. The van der Waals surface area contributed by atoms with E-state index in [0.29, 0.717) is 41.3 Å². The Bertz CT molecular complexity index is 1160. The number of hydrogen-bond donors (Lipinski definition) is 1. The number of benzene rings is 2.